The zero-order valence-electron chi connectivity index (χ0n) is 11.0. The monoisotopic (exact) mass is 425 g/mol. The Labute approximate surface area is 143 Å². The van der Waals surface area contributed by atoms with E-state index in [4.69, 9.17) is 17.3 Å². The Morgan fingerprint density at radius 3 is 2.57 bits per heavy atom. The molecule has 0 fully saturated rings. The average Bonchev–Trinajstić information content (AvgIpc) is 2.40. The van der Waals surface area contributed by atoms with Crippen molar-refractivity contribution in [1.29, 1.82) is 0 Å². The third-order valence-corrected chi connectivity index (χ3v) is 4.47. The van der Waals surface area contributed by atoms with Gasteiger partial charge in [0, 0.05) is 24.9 Å². The van der Waals surface area contributed by atoms with Gasteiger partial charge < -0.3 is 5.73 Å². The first-order chi connectivity index (χ1) is 9.95. The maximum absolute atomic E-state index is 6.09. The fourth-order valence-electron chi connectivity index (χ4n) is 2.18. The Hall–Kier alpha value is -1.17. The van der Waals surface area contributed by atoms with E-state index in [-0.39, 0.29) is 0 Å². The summed E-state index contributed by atoms with van der Waals surface area (Å²) in [6, 6.07) is 9.47. The number of halogens is 3. The van der Waals surface area contributed by atoms with Crippen LogP contribution in [0.4, 0.5) is 5.82 Å². The number of aromatic nitrogens is 2. The molecule has 0 saturated carbocycles. The van der Waals surface area contributed by atoms with E-state index in [0.29, 0.717) is 16.7 Å². The van der Waals surface area contributed by atoms with Gasteiger partial charge in [-0.1, -0.05) is 27.5 Å². The predicted molar refractivity (Wildman–Crippen MR) is 94.5 cm³/mol. The second-order valence-electron chi connectivity index (χ2n) is 4.68. The van der Waals surface area contributed by atoms with Crippen molar-refractivity contribution < 1.29 is 0 Å². The summed E-state index contributed by atoms with van der Waals surface area (Å²) in [7, 11) is 0. The molecule has 0 spiro atoms. The van der Waals surface area contributed by atoms with Crippen LogP contribution in [-0.4, -0.2) is 9.97 Å². The molecule has 3 nitrogen and oxygen atoms in total. The highest BCUT2D eigenvalue weighted by Gasteiger charge is 2.12. The molecule has 6 heteroatoms. The lowest BCUT2D eigenvalue weighted by atomic mass is 10.1. The zero-order valence-corrected chi connectivity index (χ0v) is 14.9. The van der Waals surface area contributed by atoms with Gasteiger partial charge in [-0.2, -0.15) is 0 Å². The number of nitrogens with two attached hydrogens (primary N) is 1. The summed E-state index contributed by atoms with van der Waals surface area (Å²) in [4.78, 5) is 9.06. The molecule has 106 valence electrons. The number of benzene rings is 2. The minimum absolute atomic E-state index is 0.450. The smallest absolute Gasteiger partial charge is 0.162 e. The Kier molecular flexibility index (Phi) is 3.90. The summed E-state index contributed by atoms with van der Waals surface area (Å²) < 4.78 is 1.79. The highest BCUT2D eigenvalue weighted by molar-refractivity contribution is 9.11. The Balaban J connectivity index is 2.30. The zero-order chi connectivity index (χ0) is 15.1. The molecule has 2 aromatic carbocycles. The predicted octanol–water partition coefficient (Wildman–Crippen LogP) is 5.37. The molecule has 3 aromatic rings. The molecule has 0 bridgehead atoms. The molecule has 2 N–H and O–H groups in total. The minimum Gasteiger partial charge on any atom is -0.383 e. The van der Waals surface area contributed by atoms with Crippen LogP contribution in [0.1, 0.15) is 5.56 Å². The summed E-state index contributed by atoms with van der Waals surface area (Å²) in [5.41, 5.74) is 8.81. The van der Waals surface area contributed by atoms with Crippen LogP contribution in [0.25, 0.3) is 22.3 Å². The molecule has 1 heterocycles. The van der Waals surface area contributed by atoms with E-state index in [1.165, 1.54) is 0 Å². The van der Waals surface area contributed by atoms with Gasteiger partial charge in [0.05, 0.1) is 5.52 Å². The number of rotatable bonds is 1. The summed E-state index contributed by atoms with van der Waals surface area (Å²) in [5, 5.41) is 1.50. The van der Waals surface area contributed by atoms with Crippen molar-refractivity contribution in [2.45, 2.75) is 6.92 Å². The summed E-state index contributed by atoms with van der Waals surface area (Å²) in [6.07, 6.45) is 0. The van der Waals surface area contributed by atoms with Crippen molar-refractivity contribution in [2.24, 2.45) is 0 Å². The lowest BCUT2D eigenvalue weighted by Crippen LogP contribution is -1.99. The van der Waals surface area contributed by atoms with Crippen molar-refractivity contribution in [3.63, 3.8) is 0 Å². The Bertz CT molecular complexity index is 865. The standard InChI is InChI=1S/C15H10Br2ClN3/c1-7-4-9(18)2-3-10(7)15-20-13-11(14(19)21-15)5-8(16)6-12(13)17/h2-6H,1H3,(H2,19,20,21). The third-order valence-electron chi connectivity index (χ3n) is 3.18. The van der Waals surface area contributed by atoms with E-state index < -0.39 is 0 Å². The van der Waals surface area contributed by atoms with Crippen LogP contribution in [0.3, 0.4) is 0 Å². The van der Waals surface area contributed by atoms with Gasteiger partial charge >= 0.3 is 0 Å². The second kappa shape index (κ2) is 5.55. The van der Waals surface area contributed by atoms with Crippen LogP contribution in [0.5, 0.6) is 0 Å². The van der Waals surface area contributed by atoms with E-state index >= 15 is 0 Å². The third kappa shape index (κ3) is 2.78. The summed E-state index contributed by atoms with van der Waals surface area (Å²) >= 11 is 13.0. The van der Waals surface area contributed by atoms with Crippen LogP contribution in [0.15, 0.2) is 39.3 Å². The molecule has 0 aliphatic carbocycles. The van der Waals surface area contributed by atoms with Crippen LogP contribution in [-0.2, 0) is 0 Å². The first-order valence-corrected chi connectivity index (χ1v) is 8.11. The van der Waals surface area contributed by atoms with Gasteiger partial charge in [0.25, 0.3) is 0 Å². The molecule has 21 heavy (non-hydrogen) atoms. The minimum atomic E-state index is 0.450. The second-order valence-corrected chi connectivity index (χ2v) is 6.88. The van der Waals surface area contributed by atoms with Crippen LogP contribution in [0, 0.1) is 6.92 Å². The van der Waals surface area contributed by atoms with E-state index in [1.807, 2.05) is 37.3 Å². The molecule has 1 aromatic heterocycles. The maximum atomic E-state index is 6.09. The molecular weight excluding hydrogens is 417 g/mol. The van der Waals surface area contributed by atoms with Gasteiger partial charge in [0.1, 0.15) is 5.82 Å². The molecule has 0 aliphatic rings. The van der Waals surface area contributed by atoms with Crippen molar-refractivity contribution in [3.05, 3.63) is 49.9 Å². The molecule has 0 unspecified atom stereocenters. The summed E-state index contributed by atoms with van der Waals surface area (Å²) in [6.45, 7) is 1.97. The number of hydrogen-bond acceptors (Lipinski definition) is 3. The molecule has 3 rings (SSSR count). The van der Waals surface area contributed by atoms with Gasteiger partial charge in [-0.3, -0.25) is 0 Å². The molecular formula is C15H10Br2ClN3. The molecule has 0 atom stereocenters. The van der Waals surface area contributed by atoms with Crippen molar-refractivity contribution in [2.75, 3.05) is 5.73 Å². The molecule has 0 saturated heterocycles. The number of hydrogen-bond donors (Lipinski definition) is 1. The highest BCUT2D eigenvalue weighted by Crippen LogP contribution is 2.32. The number of aryl methyl sites for hydroxylation is 1. The van der Waals surface area contributed by atoms with E-state index in [0.717, 1.165) is 31.0 Å². The lowest BCUT2D eigenvalue weighted by molar-refractivity contribution is 1.22. The first-order valence-electron chi connectivity index (χ1n) is 6.14. The Morgan fingerprint density at radius 1 is 1.10 bits per heavy atom. The molecule has 0 aliphatic heterocycles. The van der Waals surface area contributed by atoms with Crippen molar-refractivity contribution in [3.8, 4) is 11.4 Å². The van der Waals surface area contributed by atoms with Gasteiger partial charge in [-0.25, -0.2) is 9.97 Å². The van der Waals surface area contributed by atoms with Gasteiger partial charge in [0.2, 0.25) is 0 Å². The van der Waals surface area contributed by atoms with Gasteiger partial charge in [0.15, 0.2) is 5.82 Å². The van der Waals surface area contributed by atoms with Crippen molar-refractivity contribution in [1.82, 2.24) is 9.97 Å². The van der Waals surface area contributed by atoms with Gasteiger partial charge in [-0.05, 0) is 58.7 Å². The van der Waals surface area contributed by atoms with E-state index in [9.17, 15) is 0 Å². The van der Waals surface area contributed by atoms with Crippen molar-refractivity contribution >= 4 is 60.2 Å². The topological polar surface area (TPSA) is 51.8 Å². The van der Waals surface area contributed by atoms with Crippen LogP contribution in [0.2, 0.25) is 5.02 Å². The van der Waals surface area contributed by atoms with E-state index in [1.54, 1.807) is 0 Å². The number of fused-ring (bicyclic) bond motifs is 1. The maximum Gasteiger partial charge on any atom is 0.162 e. The van der Waals surface area contributed by atoms with Crippen LogP contribution < -0.4 is 5.73 Å². The average molecular weight is 428 g/mol. The normalized spacial score (nSPS) is 11.0. The van der Waals surface area contributed by atoms with Crippen LogP contribution >= 0.6 is 43.5 Å². The SMILES string of the molecule is Cc1cc(Cl)ccc1-c1nc(N)c2cc(Br)cc(Br)c2n1. The number of nitrogen functional groups attached to an aromatic ring is 1. The number of anilines is 1. The summed E-state index contributed by atoms with van der Waals surface area (Å²) in [5.74, 6) is 1.04. The fourth-order valence-corrected chi connectivity index (χ4v) is 3.72. The van der Waals surface area contributed by atoms with E-state index in [2.05, 4.69) is 41.8 Å². The largest absolute Gasteiger partial charge is 0.383 e. The highest BCUT2D eigenvalue weighted by atomic mass is 79.9. The Morgan fingerprint density at radius 2 is 1.86 bits per heavy atom. The first kappa shape index (κ1) is 14.8. The number of nitrogens with zero attached hydrogens (tertiary/aromatic N) is 2. The lowest BCUT2D eigenvalue weighted by Gasteiger charge is -2.09. The molecule has 0 amide bonds. The fraction of sp³-hybridized carbons (Fsp3) is 0.0667. The quantitative estimate of drug-likeness (QED) is 0.568. The van der Waals surface area contributed by atoms with Gasteiger partial charge in [-0.15, -0.1) is 0 Å². The molecule has 0 radical (unpaired) electrons.